The molecular formula is C28H34O13Y. The van der Waals surface area contributed by atoms with Gasteiger partial charge in [-0.25, -0.2) is 28.8 Å². The molecule has 0 saturated carbocycles. The maximum absolute atomic E-state index is 11.8. The van der Waals surface area contributed by atoms with Crippen LogP contribution >= 0.6 is 0 Å². The van der Waals surface area contributed by atoms with Crippen molar-refractivity contribution in [3.8, 4) is 0 Å². The molecule has 0 bridgehead atoms. The maximum Gasteiger partial charge on any atom is 0.330 e. The number of hydrogen-bond donors (Lipinski definition) is 0. The molecule has 42 heavy (non-hydrogen) atoms. The van der Waals surface area contributed by atoms with Crippen LogP contribution in [0.3, 0.4) is 0 Å². The van der Waals surface area contributed by atoms with Gasteiger partial charge in [-0.05, 0) is 0 Å². The minimum absolute atomic E-state index is 0. The third-order valence-corrected chi connectivity index (χ3v) is 4.94. The van der Waals surface area contributed by atoms with Crippen molar-refractivity contribution in [3.63, 3.8) is 0 Å². The van der Waals surface area contributed by atoms with E-state index in [1.54, 1.807) is 0 Å². The molecule has 0 atom stereocenters. The Kier molecular flexibility index (Phi) is 21.2. The summed E-state index contributed by atoms with van der Waals surface area (Å²) in [5.41, 5.74) is -2.98. The standard InChI is InChI=1S/C28H34O13.Y/c1-7-21(29)36-15-27(16-37-22(30)8-2,17-38-23(31)9-3)13-35-14-28(18-39-24(32)10-4,19-40-25(33)11-5)20-41-26(34)12-6;/h7-12H,1-6,13-20H2;. The molecule has 14 heteroatoms. The first-order chi connectivity index (χ1) is 19.4. The SMILES string of the molecule is C=CC(=O)OCC(COCC(COC(=O)C=C)(COC(=O)C=C)COC(=O)C=C)(COC(=O)C=C)COC(=O)C=C.[Y]. The first-order valence-corrected chi connectivity index (χ1v) is 11.8. The Hall–Kier alpha value is -3.68. The summed E-state index contributed by atoms with van der Waals surface area (Å²) in [4.78, 5) is 70.9. The molecule has 13 nitrogen and oxygen atoms in total. The zero-order chi connectivity index (χ0) is 31.3. The molecule has 0 aliphatic heterocycles. The van der Waals surface area contributed by atoms with Crippen LogP contribution in [0, 0.1) is 10.8 Å². The average Bonchev–Trinajstić information content (AvgIpc) is 3.00. The summed E-state index contributed by atoms with van der Waals surface area (Å²) in [6.45, 7) is 16.1. The topological polar surface area (TPSA) is 167 Å². The van der Waals surface area contributed by atoms with Gasteiger partial charge in [0.2, 0.25) is 0 Å². The minimum atomic E-state index is -1.49. The third-order valence-electron chi connectivity index (χ3n) is 4.94. The van der Waals surface area contributed by atoms with Crippen LogP contribution in [0.15, 0.2) is 75.9 Å². The smallest absolute Gasteiger partial charge is 0.330 e. The van der Waals surface area contributed by atoms with Gasteiger partial charge in [0.15, 0.2) is 0 Å². The van der Waals surface area contributed by atoms with Gasteiger partial charge >= 0.3 is 35.8 Å². The van der Waals surface area contributed by atoms with E-state index in [0.29, 0.717) is 0 Å². The quantitative estimate of drug-likeness (QED) is 0.0923. The molecule has 0 N–H and O–H groups in total. The van der Waals surface area contributed by atoms with E-state index in [1.807, 2.05) is 0 Å². The van der Waals surface area contributed by atoms with Gasteiger partial charge in [-0.3, -0.25) is 0 Å². The number of rotatable bonds is 22. The van der Waals surface area contributed by atoms with Gasteiger partial charge in [0, 0.05) is 69.2 Å². The zero-order valence-corrected chi connectivity index (χ0v) is 26.1. The van der Waals surface area contributed by atoms with Crippen LogP contribution < -0.4 is 0 Å². The predicted molar refractivity (Wildman–Crippen MR) is 143 cm³/mol. The van der Waals surface area contributed by atoms with Crippen LogP contribution in [-0.4, -0.2) is 88.7 Å². The number of hydrogen-bond acceptors (Lipinski definition) is 13. The van der Waals surface area contributed by atoms with Gasteiger partial charge in [0.1, 0.15) is 39.6 Å². The predicted octanol–water partition coefficient (Wildman–Crippen LogP) is 1.35. The van der Waals surface area contributed by atoms with E-state index < -0.39 is 99.5 Å². The molecule has 0 heterocycles. The van der Waals surface area contributed by atoms with Crippen LogP contribution in [0.5, 0.6) is 0 Å². The van der Waals surface area contributed by atoms with Crippen molar-refractivity contribution < 1.29 is 94.6 Å². The molecule has 0 aromatic carbocycles. The number of carbonyl (C=O) groups is 6. The first-order valence-electron chi connectivity index (χ1n) is 11.8. The van der Waals surface area contributed by atoms with Crippen molar-refractivity contribution in [1.29, 1.82) is 0 Å². The summed E-state index contributed by atoms with van der Waals surface area (Å²) in [6.07, 6.45) is 5.32. The number of esters is 6. The Morgan fingerprint density at radius 2 is 0.548 bits per heavy atom. The van der Waals surface area contributed by atoms with Gasteiger partial charge < -0.3 is 33.2 Å². The summed E-state index contributed by atoms with van der Waals surface area (Å²) in [6, 6.07) is 0. The Bertz CT molecular complexity index is 831. The number of ether oxygens (including phenoxy) is 7. The van der Waals surface area contributed by atoms with Crippen LogP contribution in [0.25, 0.3) is 0 Å². The summed E-state index contributed by atoms with van der Waals surface area (Å²) in [7, 11) is 0. The second-order valence-electron chi connectivity index (χ2n) is 8.36. The molecular weight excluding hydrogens is 633 g/mol. The van der Waals surface area contributed by atoms with Crippen molar-refractivity contribution in [3.05, 3.63) is 75.9 Å². The van der Waals surface area contributed by atoms with Crippen molar-refractivity contribution in [2.45, 2.75) is 0 Å². The van der Waals surface area contributed by atoms with Gasteiger partial charge in [-0.15, -0.1) is 0 Å². The molecule has 0 amide bonds. The van der Waals surface area contributed by atoms with E-state index in [0.717, 1.165) is 36.5 Å². The molecule has 0 aromatic heterocycles. The van der Waals surface area contributed by atoms with Gasteiger partial charge in [-0.2, -0.15) is 0 Å². The van der Waals surface area contributed by atoms with Crippen LogP contribution in [0.4, 0.5) is 0 Å². The average molecular weight is 667 g/mol. The Morgan fingerprint density at radius 3 is 0.690 bits per heavy atom. The van der Waals surface area contributed by atoms with E-state index >= 15 is 0 Å². The fraction of sp³-hybridized carbons (Fsp3) is 0.357. The zero-order valence-electron chi connectivity index (χ0n) is 23.2. The van der Waals surface area contributed by atoms with Crippen molar-refractivity contribution >= 4 is 35.8 Å². The summed E-state index contributed by atoms with van der Waals surface area (Å²) < 4.78 is 36.7. The van der Waals surface area contributed by atoms with Crippen LogP contribution in [0.1, 0.15) is 0 Å². The van der Waals surface area contributed by atoms with Gasteiger partial charge in [0.25, 0.3) is 0 Å². The summed E-state index contributed by atoms with van der Waals surface area (Å²) in [5.74, 6) is -5.01. The summed E-state index contributed by atoms with van der Waals surface area (Å²) >= 11 is 0. The minimum Gasteiger partial charge on any atom is -0.462 e. The van der Waals surface area contributed by atoms with Gasteiger partial charge in [0.05, 0.1) is 24.0 Å². The molecule has 0 rings (SSSR count). The monoisotopic (exact) mass is 667 g/mol. The maximum atomic E-state index is 11.8. The van der Waals surface area contributed by atoms with E-state index in [9.17, 15) is 28.8 Å². The van der Waals surface area contributed by atoms with Crippen LogP contribution in [0.2, 0.25) is 0 Å². The molecule has 227 valence electrons. The largest absolute Gasteiger partial charge is 0.462 e. The summed E-state index contributed by atoms with van der Waals surface area (Å²) in [5, 5.41) is 0. The van der Waals surface area contributed by atoms with E-state index in [1.165, 1.54) is 0 Å². The van der Waals surface area contributed by atoms with Crippen molar-refractivity contribution in [2.24, 2.45) is 10.8 Å². The van der Waals surface area contributed by atoms with Crippen molar-refractivity contribution in [2.75, 3.05) is 52.9 Å². The molecule has 0 fully saturated rings. The number of carbonyl (C=O) groups excluding carboxylic acids is 6. The molecule has 0 saturated heterocycles. The second-order valence-corrected chi connectivity index (χ2v) is 8.36. The molecule has 0 aromatic rings. The van der Waals surface area contributed by atoms with Crippen LogP contribution in [-0.2, 0) is 94.6 Å². The molecule has 1 radical (unpaired) electrons. The second kappa shape index (κ2) is 22.0. The Labute approximate surface area is 269 Å². The normalized spacial score (nSPS) is 10.3. The molecule has 0 spiro atoms. The molecule has 0 aliphatic rings. The first kappa shape index (κ1) is 40.5. The van der Waals surface area contributed by atoms with E-state index in [4.69, 9.17) is 33.2 Å². The fourth-order valence-electron chi connectivity index (χ4n) is 2.68. The molecule has 0 unspecified atom stereocenters. The molecule has 0 aliphatic carbocycles. The Morgan fingerprint density at radius 1 is 0.381 bits per heavy atom. The van der Waals surface area contributed by atoms with E-state index in [2.05, 4.69) is 39.5 Å². The fourth-order valence-corrected chi connectivity index (χ4v) is 2.68. The Balaban J connectivity index is 0. The van der Waals surface area contributed by atoms with E-state index in [-0.39, 0.29) is 32.7 Å². The van der Waals surface area contributed by atoms with Gasteiger partial charge in [-0.1, -0.05) is 39.5 Å². The third kappa shape index (κ3) is 16.6. The van der Waals surface area contributed by atoms with Crippen molar-refractivity contribution in [1.82, 2.24) is 0 Å².